The van der Waals surface area contributed by atoms with Crippen LogP contribution in [0.15, 0.2) is 29.2 Å². The zero-order chi connectivity index (χ0) is 18.2. The van der Waals surface area contributed by atoms with Crippen LogP contribution in [0, 0.1) is 11.2 Å². The van der Waals surface area contributed by atoms with Crippen LogP contribution in [-0.4, -0.2) is 68.8 Å². The number of sulfonamides is 1. The molecule has 2 heterocycles. The Morgan fingerprint density at radius 2 is 1.80 bits per heavy atom. The third kappa shape index (κ3) is 3.50. The van der Waals surface area contributed by atoms with Crippen LogP contribution in [0.1, 0.15) is 19.3 Å². The van der Waals surface area contributed by atoms with E-state index in [1.165, 1.54) is 16.4 Å². The molecule has 0 aromatic heterocycles. The fraction of sp³-hybridized carbons (Fsp3) is 0.588. The number of piperidine rings is 1. The Labute approximate surface area is 148 Å². The highest BCUT2D eigenvalue weighted by Crippen LogP contribution is 2.41. The molecule has 0 N–H and O–H groups in total. The Hall–Kier alpha value is -1.67. The lowest BCUT2D eigenvalue weighted by Crippen LogP contribution is -2.50. The molecule has 138 valence electrons. The van der Waals surface area contributed by atoms with Gasteiger partial charge in [0.15, 0.2) is 0 Å². The molecule has 2 aliphatic rings. The maximum Gasteiger partial charge on any atom is 0.319 e. The van der Waals surface area contributed by atoms with Gasteiger partial charge in [-0.1, -0.05) is 0 Å². The second kappa shape index (κ2) is 6.57. The maximum absolute atomic E-state index is 13.1. The molecule has 2 saturated heterocycles. The predicted molar refractivity (Wildman–Crippen MR) is 92.1 cm³/mol. The zero-order valence-electron chi connectivity index (χ0n) is 14.6. The minimum Gasteiger partial charge on any atom is -0.331 e. The third-order valence-electron chi connectivity index (χ3n) is 5.17. The van der Waals surface area contributed by atoms with E-state index in [0.29, 0.717) is 26.2 Å². The number of amides is 2. The van der Waals surface area contributed by atoms with E-state index in [1.54, 1.807) is 19.0 Å². The number of carbonyl (C=O) groups is 1. The number of likely N-dealkylation sites (tertiary alicyclic amines) is 1. The fourth-order valence-electron chi connectivity index (χ4n) is 3.84. The first-order valence-electron chi connectivity index (χ1n) is 8.46. The number of rotatable bonds is 2. The zero-order valence-corrected chi connectivity index (χ0v) is 15.4. The van der Waals surface area contributed by atoms with Gasteiger partial charge < -0.3 is 9.80 Å². The largest absolute Gasteiger partial charge is 0.331 e. The molecule has 6 nitrogen and oxygen atoms in total. The monoisotopic (exact) mass is 369 g/mol. The van der Waals surface area contributed by atoms with Crippen molar-refractivity contribution in [2.45, 2.75) is 24.2 Å². The predicted octanol–water partition coefficient (Wildman–Crippen LogP) is 1.98. The highest BCUT2D eigenvalue weighted by atomic mass is 32.2. The molecule has 1 spiro atoms. The van der Waals surface area contributed by atoms with Crippen molar-refractivity contribution in [3.8, 4) is 0 Å². The highest BCUT2D eigenvalue weighted by Gasteiger charge is 2.46. The van der Waals surface area contributed by atoms with Crippen molar-refractivity contribution < 1.29 is 17.6 Å². The lowest BCUT2D eigenvalue weighted by Gasteiger charge is -2.41. The molecule has 25 heavy (non-hydrogen) atoms. The van der Waals surface area contributed by atoms with Gasteiger partial charge in [0.2, 0.25) is 10.0 Å². The molecular formula is C17H24FN3O3S. The van der Waals surface area contributed by atoms with Crippen LogP contribution in [0.5, 0.6) is 0 Å². The van der Waals surface area contributed by atoms with Gasteiger partial charge in [0.25, 0.3) is 0 Å². The fourth-order valence-corrected chi connectivity index (χ4v) is 5.40. The number of nitrogens with zero attached hydrogens (tertiary/aromatic N) is 3. The smallest absolute Gasteiger partial charge is 0.319 e. The van der Waals surface area contributed by atoms with Crippen molar-refractivity contribution in [2.24, 2.45) is 5.41 Å². The molecule has 8 heteroatoms. The van der Waals surface area contributed by atoms with Crippen LogP contribution in [-0.2, 0) is 10.0 Å². The van der Waals surface area contributed by atoms with Crippen LogP contribution >= 0.6 is 0 Å². The summed E-state index contributed by atoms with van der Waals surface area (Å²) in [5.74, 6) is -0.457. The SMILES string of the molecule is CN(C)C(=O)N1CCC[C@]2(CCN(S(=O)(=O)c3ccc(F)cc3)C2)C1. The molecule has 0 unspecified atom stereocenters. The molecule has 2 fully saturated rings. The van der Waals surface area contributed by atoms with Gasteiger partial charge in [-0.2, -0.15) is 4.31 Å². The number of hydrogen-bond acceptors (Lipinski definition) is 3. The third-order valence-corrected chi connectivity index (χ3v) is 7.03. The molecule has 0 aliphatic carbocycles. The van der Waals surface area contributed by atoms with Gasteiger partial charge in [-0.25, -0.2) is 17.6 Å². The quantitative estimate of drug-likeness (QED) is 0.801. The molecule has 2 amide bonds. The maximum atomic E-state index is 13.1. The highest BCUT2D eigenvalue weighted by molar-refractivity contribution is 7.89. The van der Waals surface area contributed by atoms with Crippen LogP contribution < -0.4 is 0 Å². The van der Waals surface area contributed by atoms with E-state index in [2.05, 4.69) is 0 Å². The van der Waals surface area contributed by atoms with E-state index in [9.17, 15) is 17.6 Å². The Bertz CT molecular complexity index is 751. The minimum absolute atomic E-state index is 0.0288. The summed E-state index contributed by atoms with van der Waals surface area (Å²) in [5, 5.41) is 0. The molecule has 0 saturated carbocycles. The summed E-state index contributed by atoms with van der Waals surface area (Å²) in [7, 11) is -0.181. The van der Waals surface area contributed by atoms with Crippen LogP contribution in [0.25, 0.3) is 0 Å². The normalized spacial score (nSPS) is 24.7. The summed E-state index contributed by atoms with van der Waals surface area (Å²) >= 11 is 0. The Morgan fingerprint density at radius 1 is 1.12 bits per heavy atom. The van der Waals surface area contributed by atoms with Crippen LogP contribution in [0.4, 0.5) is 9.18 Å². The first-order valence-corrected chi connectivity index (χ1v) is 9.90. The van der Waals surface area contributed by atoms with Gasteiger partial charge in [0.05, 0.1) is 4.90 Å². The summed E-state index contributed by atoms with van der Waals surface area (Å²) in [4.78, 5) is 15.7. The van der Waals surface area contributed by atoms with Gasteiger partial charge in [0.1, 0.15) is 5.82 Å². The van der Waals surface area contributed by atoms with Gasteiger partial charge in [-0.15, -0.1) is 0 Å². The first-order chi connectivity index (χ1) is 11.7. The van der Waals surface area contributed by atoms with E-state index in [1.807, 2.05) is 4.90 Å². The van der Waals surface area contributed by atoms with Crippen molar-refractivity contribution in [1.29, 1.82) is 0 Å². The molecule has 2 aliphatic heterocycles. The van der Waals surface area contributed by atoms with Crippen LogP contribution in [0.2, 0.25) is 0 Å². The first kappa shape index (κ1) is 18.1. The molecule has 0 bridgehead atoms. The molecule has 3 rings (SSSR count). The summed E-state index contributed by atoms with van der Waals surface area (Å²) in [6.07, 6.45) is 2.54. The second-order valence-electron chi connectivity index (χ2n) is 7.24. The van der Waals surface area contributed by atoms with E-state index >= 15 is 0 Å². The molecular weight excluding hydrogens is 345 g/mol. The summed E-state index contributed by atoms with van der Waals surface area (Å²) in [6.45, 7) is 2.14. The molecule has 1 atom stereocenters. The van der Waals surface area contributed by atoms with Gasteiger partial charge >= 0.3 is 6.03 Å². The Balaban J connectivity index is 1.76. The number of urea groups is 1. The van der Waals surface area contributed by atoms with Gasteiger partial charge in [0, 0.05) is 45.7 Å². The molecule has 1 aromatic carbocycles. The summed E-state index contributed by atoms with van der Waals surface area (Å²) < 4.78 is 40.2. The van der Waals surface area contributed by atoms with Crippen molar-refractivity contribution in [1.82, 2.24) is 14.1 Å². The van der Waals surface area contributed by atoms with Gasteiger partial charge in [-0.05, 0) is 43.5 Å². The minimum atomic E-state index is -3.63. The number of benzene rings is 1. The van der Waals surface area contributed by atoms with E-state index in [0.717, 1.165) is 31.4 Å². The molecule has 0 radical (unpaired) electrons. The average Bonchev–Trinajstić information content (AvgIpc) is 2.98. The Kier molecular flexibility index (Phi) is 4.76. The van der Waals surface area contributed by atoms with E-state index in [-0.39, 0.29) is 16.3 Å². The lowest BCUT2D eigenvalue weighted by molar-refractivity contribution is 0.100. The Morgan fingerprint density at radius 3 is 2.44 bits per heavy atom. The van der Waals surface area contributed by atoms with Gasteiger partial charge in [-0.3, -0.25) is 0 Å². The van der Waals surface area contributed by atoms with E-state index < -0.39 is 15.8 Å². The average molecular weight is 369 g/mol. The number of halogens is 1. The van der Waals surface area contributed by atoms with Crippen molar-refractivity contribution in [3.63, 3.8) is 0 Å². The molecule has 1 aromatic rings. The van der Waals surface area contributed by atoms with Crippen molar-refractivity contribution >= 4 is 16.1 Å². The van der Waals surface area contributed by atoms with Crippen molar-refractivity contribution in [3.05, 3.63) is 30.1 Å². The topological polar surface area (TPSA) is 60.9 Å². The second-order valence-corrected chi connectivity index (χ2v) is 9.18. The summed E-state index contributed by atoms with van der Waals surface area (Å²) in [5.41, 5.74) is -0.184. The standard InChI is InChI=1S/C17H24FN3O3S/c1-19(2)16(22)20-10-3-8-17(12-20)9-11-21(13-17)25(23,24)15-6-4-14(18)5-7-15/h4-7H,3,8-13H2,1-2H3/t17-/m0/s1. The number of hydrogen-bond donors (Lipinski definition) is 0. The summed E-state index contributed by atoms with van der Waals surface area (Å²) in [6, 6.07) is 4.91. The van der Waals surface area contributed by atoms with Crippen molar-refractivity contribution in [2.75, 3.05) is 40.3 Å². The van der Waals surface area contributed by atoms with E-state index in [4.69, 9.17) is 0 Å². The van der Waals surface area contributed by atoms with Crippen LogP contribution in [0.3, 0.4) is 0 Å². The number of carbonyl (C=O) groups excluding carboxylic acids is 1. The lowest BCUT2D eigenvalue weighted by atomic mass is 9.79.